The molecule has 1 rings (SSSR count). The lowest BCUT2D eigenvalue weighted by atomic mass is 9.95. The second kappa shape index (κ2) is 6.19. The SMILES string of the molecule is COc1ccc(C(=O)C(C)CC(C)=O)cc1OC. The van der Waals surface area contributed by atoms with Gasteiger partial charge in [0, 0.05) is 17.9 Å². The third-order valence-electron chi connectivity index (χ3n) is 2.71. The molecule has 0 aliphatic heterocycles. The molecule has 4 nitrogen and oxygen atoms in total. The average Bonchev–Trinajstić information content (AvgIpc) is 2.36. The summed E-state index contributed by atoms with van der Waals surface area (Å²) in [7, 11) is 3.06. The van der Waals surface area contributed by atoms with Crippen molar-refractivity contribution in [1.82, 2.24) is 0 Å². The van der Waals surface area contributed by atoms with Crippen molar-refractivity contribution in [3.05, 3.63) is 23.8 Å². The number of ketones is 2. The van der Waals surface area contributed by atoms with E-state index in [0.717, 1.165) is 0 Å². The van der Waals surface area contributed by atoms with Gasteiger partial charge < -0.3 is 14.3 Å². The van der Waals surface area contributed by atoms with E-state index in [9.17, 15) is 9.59 Å². The summed E-state index contributed by atoms with van der Waals surface area (Å²) in [5, 5.41) is 0. The third-order valence-corrected chi connectivity index (χ3v) is 2.71. The van der Waals surface area contributed by atoms with Crippen LogP contribution in [0.3, 0.4) is 0 Å². The van der Waals surface area contributed by atoms with Gasteiger partial charge in [-0.3, -0.25) is 4.79 Å². The van der Waals surface area contributed by atoms with Crippen molar-refractivity contribution < 1.29 is 19.1 Å². The molecule has 0 heterocycles. The smallest absolute Gasteiger partial charge is 0.166 e. The second-order valence-electron chi connectivity index (χ2n) is 4.24. The van der Waals surface area contributed by atoms with Crippen LogP contribution in [0.5, 0.6) is 11.5 Å². The zero-order chi connectivity index (χ0) is 13.7. The first-order valence-electron chi connectivity index (χ1n) is 5.75. The molecule has 1 unspecified atom stereocenters. The van der Waals surface area contributed by atoms with Gasteiger partial charge in [-0.15, -0.1) is 0 Å². The molecule has 0 N–H and O–H groups in total. The fourth-order valence-corrected chi connectivity index (χ4v) is 1.80. The zero-order valence-corrected chi connectivity index (χ0v) is 11.1. The summed E-state index contributed by atoms with van der Waals surface area (Å²) in [6.45, 7) is 3.23. The van der Waals surface area contributed by atoms with Crippen molar-refractivity contribution in [2.24, 2.45) is 5.92 Å². The fourth-order valence-electron chi connectivity index (χ4n) is 1.80. The Balaban J connectivity index is 2.96. The van der Waals surface area contributed by atoms with Crippen LogP contribution in [0.4, 0.5) is 0 Å². The average molecular weight is 250 g/mol. The Morgan fingerprint density at radius 2 is 1.78 bits per heavy atom. The molecule has 1 aromatic carbocycles. The molecule has 0 saturated heterocycles. The summed E-state index contributed by atoms with van der Waals surface area (Å²) in [6.07, 6.45) is 0.257. The topological polar surface area (TPSA) is 52.6 Å². The monoisotopic (exact) mass is 250 g/mol. The highest BCUT2D eigenvalue weighted by atomic mass is 16.5. The van der Waals surface area contributed by atoms with Crippen LogP contribution in [0.2, 0.25) is 0 Å². The molecule has 0 fully saturated rings. The van der Waals surface area contributed by atoms with E-state index in [-0.39, 0.29) is 23.9 Å². The molecular weight excluding hydrogens is 232 g/mol. The molecule has 0 aliphatic carbocycles. The first-order valence-corrected chi connectivity index (χ1v) is 5.75. The molecule has 0 spiro atoms. The van der Waals surface area contributed by atoms with Crippen LogP contribution in [0.15, 0.2) is 18.2 Å². The van der Waals surface area contributed by atoms with Gasteiger partial charge in [0.25, 0.3) is 0 Å². The van der Waals surface area contributed by atoms with Crippen LogP contribution in [0, 0.1) is 5.92 Å². The number of Topliss-reactive ketones (excluding diaryl/α,β-unsaturated/α-hetero) is 2. The van der Waals surface area contributed by atoms with Gasteiger partial charge in [0.2, 0.25) is 0 Å². The molecule has 0 saturated carbocycles. The number of rotatable bonds is 6. The van der Waals surface area contributed by atoms with Crippen molar-refractivity contribution in [3.63, 3.8) is 0 Å². The normalized spacial score (nSPS) is 11.8. The minimum atomic E-state index is -0.319. The van der Waals surface area contributed by atoms with Crippen molar-refractivity contribution >= 4 is 11.6 Å². The molecule has 0 radical (unpaired) electrons. The van der Waals surface area contributed by atoms with Gasteiger partial charge in [-0.05, 0) is 25.1 Å². The summed E-state index contributed by atoms with van der Waals surface area (Å²) < 4.78 is 10.2. The molecule has 18 heavy (non-hydrogen) atoms. The molecule has 0 aromatic heterocycles. The number of hydrogen-bond acceptors (Lipinski definition) is 4. The predicted octanol–water partition coefficient (Wildman–Crippen LogP) is 2.50. The zero-order valence-electron chi connectivity index (χ0n) is 11.1. The minimum Gasteiger partial charge on any atom is -0.493 e. The van der Waals surface area contributed by atoms with Gasteiger partial charge in [-0.2, -0.15) is 0 Å². The molecule has 98 valence electrons. The van der Waals surface area contributed by atoms with E-state index < -0.39 is 0 Å². The van der Waals surface area contributed by atoms with E-state index in [4.69, 9.17) is 9.47 Å². The van der Waals surface area contributed by atoms with E-state index in [1.165, 1.54) is 21.1 Å². The van der Waals surface area contributed by atoms with Crippen molar-refractivity contribution in [2.45, 2.75) is 20.3 Å². The first kappa shape index (κ1) is 14.2. The van der Waals surface area contributed by atoms with Gasteiger partial charge in [0.05, 0.1) is 14.2 Å². The summed E-state index contributed by atoms with van der Waals surface area (Å²) >= 11 is 0. The Morgan fingerprint density at radius 3 is 2.28 bits per heavy atom. The van der Waals surface area contributed by atoms with Gasteiger partial charge in [-0.1, -0.05) is 6.92 Å². The number of ether oxygens (including phenoxy) is 2. The van der Waals surface area contributed by atoms with Gasteiger partial charge in [0.1, 0.15) is 5.78 Å². The lowest BCUT2D eigenvalue weighted by Crippen LogP contribution is -2.14. The molecule has 0 aliphatic rings. The van der Waals surface area contributed by atoms with Crippen LogP contribution in [0.25, 0.3) is 0 Å². The highest BCUT2D eigenvalue weighted by Crippen LogP contribution is 2.28. The predicted molar refractivity (Wildman–Crippen MR) is 68.3 cm³/mol. The maximum Gasteiger partial charge on any atom is 0.166 e. The van der Waals surface area contributed by atoms with Gasteiger partial charge >= 0.3 is 0 Å². The Kier molecular flexibility index (Phi) is 4.89. The summed E-state index contributed by atoms with van der Waals surface area (Å²) in [4.78, 5) is 23.1. The highest BCUT2D eigenvalue weighted by molar-refractivity contribution is 6.00. The fraction of sp³-hybridized carbons (Fsp3) is 0.429. The van der Waals surface area contributed by atoms with Gasteiger partial charge in [0.15, 0.2) is 17.3 Å². The number of methoxy groups -OCH3 is 2. The maximum atomic E-state index is 12.1. The number of benzene rings is 1. The molecule has 1 atom stereocenters. The second-order valence-corrected chi connectivity index (χ2v) is 4.24. The summed E-state index contributed by atoms with van der Waals surface area (Å²) in [5.41, 5.74) is 0.529. The third kappa shape index (κ3) is 3.32. The van der Waals surface area contributed by atoms with Crippen molar-refractivity contribution in [2.75, 3.05) is 14.2 Å². The lowest BCUT2D eigenvalue weighted by Gasteiger charge is -2.11. The van der Waals surface area contributed by atoms with Crippen molar-refractivity contribution in [1.29, 1.82) is 0 Å². The standard InChI is InChI=1S/C14H18O4/c1-9(7-10(2)15)14(16)11-5-6-12(17-3)13(8-11)18-4/h5-6,8-9H,7H2,1-4H3. The van der Waals surface area contributed by atoms with Crippen LogP contribution in [-0.4, -0.2) is 25.8 Å². The van der Waals surface area contributed by atoms with E-state index in [1.807, 2.05) is 0 Å². The van der Waals surface area contributed by atoms with Crippen LogP contribution >= 0.6 is 0 Å². The Hall–Kier alpha value is -1.84. The van der Waals surface area contributed by atoms with E-state index >= 15 is 0 Å². The van der Waals surface area contributed by atoms with Crippen molar-refractivity contribution in [3.8, 4) is 11.5 Å². The Morgan fingerprint density at radius 1 is 1.17 bits per heavy atom. The summed E-state index contributed by atoms with van der Waals surface area (Å²) in [5.74, 6) is 0.717. The van der Waals surface area contributed by atoms with E-state index in [0.29, 0.717) is 17.1 Å². The molecule has 0 bridgehead atoms. The van der Waals surface area contributed by atoms with E-state index in [1.54, 1.807) is 25.1 Å². The van der Waals surface area contributed by atoms with Gasteiger partial charge in [-0.25, -0.2) is 0 Å². The quantitative estimate of drug-likeness (QED) is 0.728. The van der Waals surface area contributed by atoms with Crippen LogP contribution in [-0.2, 0) is 4.79 Å². The van der Waals surface area contributed by atoms with Crippen LogP contribution in [0.1, 0.15) is 30.6 Å². The number of carbonyl (C=O) groups excluding carboxylic acids is 2. The number of carbonyl (C=O) groups is 2. The largest absolute Gasteiger partial charge is 0.493 e. The lowest BCUT2D eigenvalue weighted by molar-refractivity contribution is -0.117. The Labute approximate surface area is 107 Å². The highest BCUT2D eigenvalue weighted by Gasteiger charge is 2.18. The molecular formula is C14H18O4. The maximum absolute atomic E-state index is 12.1. The molecule has 1 aromatic rings. The molecule has 0 amide bonds. The van der Waals surface area contributed by atoms with Crippen LogP contribution < -0.4 is 9.47 Å². The molecule has 4 heteroatoms. The summed E-state index contributed by atoms with van der Waals surface area (Å²) in [6, 6.07) is 5.00. The van der Waals surface area contributed by atoms with E-state index in [2.05, 4.69) is 0 Å². The Bertz CT molecular complexity index is 451. The number of hydrogen-bond donors (Lipinski definition) is 0. The first-order chi connectivity index (χ1) is 8.49. The minimum absolute atomic E-state index is 0.0105.